The van der Waals surface area contributed by atoms with Gasteiger partial charge in [0.2, 0.25) is 0 Å². The summed E-state index contributed by atoms with van der Waals surface area (Å²) in [5.41, 5.74) is 4.66. The van der Waals surface area contributed by atoms with E-state index in [-0.39, 0.29) is 11.3 Å². The molecule has 4 heteroatoms. The Morgan fingerprint density at radius 3 is 2.72 bits per heavy atom. The molecule has 0 bridgehead atoms. The molecule has 2 heterocycles. The number of aromatic nitrogens is 2. The van der Waals surface area contributed by atoms with Gasteiger partial charge in [-0.15, -0.1) is 0 Å². The number of benzene rings is 2. The lowest BCUT2D eigenvalue weighted by atomic mass is 9.68. The minimum Gasteiger partial charge on any atom is -0.320 e. The fourth-order valence-electron chi connectivity index (χ4n) is 4.36. The van der Waals surface area contributed by atoms with Crippen LogP contribution >= 0.6 is 0 Å². The van der Waals surface area contributed by atoms with Crippen LogP contribution < -0.4 is 5.32 Å². The number of fused-ring (bicyclic) bond motifs is 5. The van der Waals surface area contributed by atoms with Crippen LogP contribution in [0.3, 0.4) is 0 Å². The fourth-order valence-corrected chi connectivity index (χ4v) is 4.36. The number of nitrogens with one attached hydrogen (secondary N) is 1. The van der Waals surface area contributed by atoms with E-state index in [1.807, 2.05) is 42.9 Å². The van der Waals surface area contributed by atoms with Crippen molar-refractivity contribution in [2.75, 3.05) is 6.54 Å². The van der Waals surface area contributed by atoms with Gasteiger partial charge >= 0.3 is 0 Å². The summed E-state index contributed by atoms with van der Waals surface area (Å²) in [6.45, 7) is 0.392. The first-order valence-corrected chi connectivity index (χ1v) is 8.72. The van der Waals surface area contributed by atoms with Gasteiger partial charge in [0.1, 0.15) is 0 Å². The largest absolute Gasteiger partial charge is 0.320 e. The van der Waals surface area contributed by atoms with Gasteiger partial charge in [0.05, 0.1) is 30.3 Å². The van der Waals surface area contributed by atoms with E-state index in [0.717, 1.165) is 18.4 Å². The number of imidazole rings is 1. The summed E-state index contributed by atoms with van der Waals surface area (Å²) < 4.78 is 2.31. The highest BCUT2D eigenvalue weighted by atomic mass is 16.1. The summed E-state index contributed by atoms with van der Waals surface area (Å²) in [5, 5.41) is 3.44. The topological polar surface area (TPSA) is 46.9 Å². The molecule has 0 atom stereocenters. The third-order valence-electron chi connectivity index (χ3n) is 5.62. The Hall–Kier alpha value is -2.72. The number of ketones is 1. The zero-order valence-electron chi connectivity index (χ0n) is 13.9. The number of hydrogen-bond donors (Lipinski definition) is 1. The van der Waals surface area contributed by atoms with Crippen LogP contribution in [-0.2, 0) is 5.54 Å². The van der Waals surface area contributed by atoms with Crippen LogP contribution in [0.15, 0.2) is 67.1 Å². The molecule has 4 nitrogen and oxygen atoms in total. The molecule has 2 aromatic carbocycles. The number of carbonyl (C=O) groups is 1. The van der Waals surface area contributed by atoms with E-state index in [1.165, 1.54) is 16.8 Å². The Bertz CT molecular complexity index is 939. The second-order valence-electron chi connectivity index (χ2n) is 7.00. The highest BCUT2D eigenvalue weighted by Crippen LogP contribution is 2.54. The predicted molar refractivity (Wildman–Crippen MR) is 96.5 cm³/mol. The average Bonchev–Trinajstić information content (AvgIpc) is 3.20. The van der Waals surface area contributed by atoms with E-state index in [9.17, 15) is 4.79 Å². The van der Waals surface area contributed by atoms with Gasteiger partial charge in [0, 0.05) is 17.2 Å². The van der Waals surface area contributed by atoms with Crippen LogP contribution in [0, 0.1) is 0 Å². The first-order chi connectivity index (χ1) is 12.3. The second-order valence-corrected chi connectivity index (χ2v) is 7.00. The molecule has 124 valence electrons. The minimum atomic E-state index is 0.00981. The molecule has 1 aromatic heterocycles. The summed E-state index contributed by atoms with van der Waals surface area (Å²) in [5.74, 6) is 0.150. The second kappa shape index (κ2) is 5.39. The van der Waals surface area contributed by atoms with E-state index in [2.05, 4.69) is 39.1 Å². The summed E-state index contributed by atoms with van der Waals surface area (Å²) in [6.07, 6.45) is 5.89. The maximum atomic E-state index is 12.3. The molecule has 1 spiro atoms. The molecule has 1 fully saturated rings. The highest BCUT2D eigenvalue weighted by molar-refractivity contribution is 5.97. The first kappa shape index (κ1) is 14.6. The van der Waals surface area contributed by atoms with Crippen molar-refractivity contribution >= 4 is 5.78 Å². The Morgan fingerprint density at radius 1 is 1.12 bits per heavy atom. The monoisotopic (exact) mass is 329 g/mol. The van der Waals surface area contributed by atoms with Gasteiger partial charge < -0.3 is 9.88 Å². The Kier molecular flexibility index (Phi) is 3.15. The van der Waals surface area contributed by atoms with E-state index in [4.69, 9.17) is 0 Å². The lowest BCUT2D eigenvalue weighted by molar-refractivity contribution is 0.0950. The zero-order chi connectivity index (χ0) is 16.9. The molecule has 2 aliphatic rings. The van der Waals surface area contributed by atoms with E-state index < -0.39 is 0 Å². The van der Waals surface area contributed by atoms with Crippen LogP contribution in [-0.4, -0.2) is 27.9 Å². The highest BCUT2D eigenvalue weighted by Gasteiger charge is 2.52. The molecule has 0 unspecified atom stereocenters. The molecule has 3 aromatic rings. The number of nitrogens with zero attached hydrogens (tertiary/aromatic N) is 2. The molecule has 5 rings (SSSR count). The van der Waals surface area contributed by atoms with E-state index in [0.29, 0.717) is 12.6 Å². The summed E-state index contributed by atoms with van der Waals surface area (Å²) >= 11 is 0. The minimum absolute atomic E-state index is 0.00981. The molecular formula is C21H19N3O. The standard InChI is InChI=1S/C21H19N3O/c25-20(15-6-2-1-3-7-15)13-23-16-10-21(11-16)18-9-5-4-8-17(18)19-12-22-14-24(19)21/h1-9,12,14,16,23H,10-11,13H2. The van der Waals surface area contributed by atoms with Gasteiger partial charge in [0.25, 0.3) is 0 Å². The van der Waals surface area contributed by atoms with Crippen molar-refractivity contribution in [3.63, 3.8) is 0 Å². The summed E-state index contributed by atoms with van der Waals surface area (Å²) in [7, 11) is 0. The van der Waals surface area contributed by atoms with Crippen molar-refractivity contribution in [1.82, 2.24) is 14.9 Å². The van der Waals surface area contributed by atoms with Crippen molar-refractivity contribution in [3.05, 3.63) is 78.2 Å². The third-order valence-corrected chi connectivity index (χ3v) is 5.62. The van der Waals surface area contributed by atoms with Gasteiger partial charge in [-0.25, -0.2) is 4.98 Å². The Balaban J connectivity index is 1.31. The molecule has 1 N–H and O–H groups in total. The van der Waals surface area contributed by atoms with Crippen LogP contribution in [0.2, 0.25) is 0 Å². The summed E-state index contributed by atoms with van der Waals surface area (Å²) in [6, 6.07) is 18.4. The maximum absolute atomic E-state index is 12.3. The number of rotatable bonds is 4. The molecule has 0 amide bonds. The van der Waals surface area contributed by atoms with Crippen molar-refractivity contribution < 1.29 is 4.79 Å². The molecule has 25 heavy (non-hydrogen) atoms. The average molecular weight is 329 g/mol. The molecule has 1 saturated carbocycles. The van der Waals surface area contributed by atoms with E-state index >= 15 is 0 Å². The van der Waals surface area contributed by atoms with Crippen LogP contribution in [0.4, 0.5) is 0 Å². The number of Topliss-reactive ketones (excluding diaryl/α,β-unsaturated/α-hetero) is 1. The van der Waals surface area contributed by atoms with Crippen LogP contribution in [0.25, 0.3) is 11.3 Å². The molecule has 0 radical (unpaired) electrons. The smallest absolute Gasteiger partial charge is 0.176 e. The van der Waals surface area contributed by atoms with Gasteiger partial charge in [0.15, 0.2) is 5.78 Å². The zero-order valence-corrected chi connectivity index (χ0v) is 13.9. The quantitative estimate of drug-likeness (QED) is 0.748. The number of carbonyl (C=O) groups excluding carboxylic acids is 1. The van der Waals surface area contributed by atoms with Crippen LogP contribution in [0.1, 0.15) is 28.8 Å². The van der Waals surface area contributed by atoms with Crippen molar-refractivity contribution in [1.29, 1.82) is 0 Å². The maximum Gasteiger partial charge on any atom is 0.176 e. The van der Waals surface area contributed by atoms with Gasteiger partial charge in [-0.2, -0.15) is 0 Å². The predicted octanol–water partition coefficient (Wildman–Crippen LogP) is 3.24. The summed E-state index contributed by atoms with van der Waals surface area (Å²) in [4.78, 5) is 16.6. The Morgan fingerprint density at radius 2 is 1.88 bits per heavy atom. The van der Waals surface area contributed by atoms with E-state index in [1.54, 1.807) is 0 Å². The fraction of sp³-hybridized carbons (Fsp3) is 0.238. The van der Waals surface area contributed by atoms with Gasteiger partial charge in [-0.1, -0.05) is 54.6 Å². The lowest BCUT2D eigenvalue weighted by Crippen LogP contribution is -2.55. The molecular weight excluding hydrogens is 310 g/mol. The van der Waals surface area contributed by atoms with Crippen molar-refractivity contribution in [2.45, 2.75) is 24.4 Å². The normalized spacial score (nSPS) is 23.1. The van der Waals surface area contributed by atoms with Crippen molar-refractivity contribution in [3.8, 4) is 11.3 Å². The molecule has 0 saturated heterocycles. The SMILES string of the molecule is O=C(CNC1CC2(C1)c1ccccc1-c1cncn12)c1ccccc1. The molecule has 1 aliphatic carbocycles. The number of hydrogen-bond acceptors (Lipinski definition) is 3. The van der Waals surface area contributed by atoms with Crippen molar-refractivity contribution in [2.24, 2.45) is 0 Å². The van der Waals surface area contributed by atoms with Gasteiger partial charge in [-0.05, 0) is 18.4 Å². The molecule has 1 aliphatic heterocycles. The first-order valence-electron chi connectivity index (χ1n) is 8.72. The van der Waals surface area contributed by atoms with Crippen LogP contribution in [0.5, 0.6) is 0 Å². The lowest BCUT2D eigenvalue weighted by Gasteiger charge is -2.47. The van der Waals surface area contributed by atoms with Gasteiger partial charge in [-0.3, -0.25) is 4.79 Å². The third kappa shape index (κ3) is 2.11. The Labute approximate surface area is 146 Å².